The molecule has 0 unspecified atom stereocenters. The summed E-state index contributed by atoms with van der Waals surface area (Å²) in [5, 5.41) is 10.0. The lowest BCUT2D eigenvalue weighted by atomic mass is 10.2. The summed E-state index contributed by atoms with van der Waals surface area (Å²) in [6.07, 6.45) is -2.81. The highest BCUT2D eigenvalue weighted by Crippen LogP contribution is 2.34. The number of nitrogens with one attached hydrogen (secondary N) is 1. The van der Waals surface area contributed by atoms with E-state index in [4.69, 9.17) is 4.74 Å². The van der Waals surface area contributed by atoms with Crippen molar-refractivity contribution < 1.29 is 31.5 Å². The first-order valence-electron chi connectivity index (χ1n) is 10.3. The number of hydrogen-bond acceptors (Lipinski definition) is 5. The van der Waals surface area contributed by atoms with Crippen molar-refractivity contribution in [2.24, 2.45) is 0 Å². The van der Waals surface area contributed by atoms with E-state index < -0.39 is 35.0 Å². The number of carbonyl (C=O) groups excluding carboxylic acids is 1. The molecule has 14 heteroatoms. The predicted molar refractivity (Wildman–Crippen MR) is 124 cm³/mol. The Kier molecular flexibility index (Phi) is 6.11. The van der Waals surface area contributed by atoms with E-state index in [9.17, 15) is 26.7 Å². The third kappa shape index (κ3) is 4.87. The van der Waals surface area contributed by atoms with Crippen LogP contribution in [-0.2, 0) is 6.18 Å². The minimum absolute atomic E-state index is 0.102. The number of fused-ring (bicyclic) bond motifs is 1. The average Bonchev–Trinajstić information content (AvgIpc) is 3.45. The van der Waals surface area contributed by atoms with E-state index in [-0.39, 0.29) is 23.0 Å². The van der Waals surface area contributed by atoms with Crippen LogP contribution in [0.15, 0.2) is 71.6 Å². The maximum atomic E-state index is 14.8. The van der Waals surface area contributed by atoms with Crippen molar-refractivity contribution >= 4 is 33.2 Å². The van der Waals surface area contributed by atoms with Gasteiger partial charge >= 0.3 is 6.18 Å². The monoisotopic (exact) mass is 578 g/mol. The number of alkyl halides is 3. The SMILES string of the molecule is O=C(Nc1ccc(Oc2ccnc3cc(Br)nn23)c(F)c1)c1cnn(-c2ccc(F)cc2)c1C(F)(F)F. The fourth-order valence-corrected chi connectivity index (χ4v) is 3.82. The molecule has 5 rings (SSSR count). The van der Waals surface area contributed by atoms with Gasteiger partial charge in [-0.05, 0) is 52.3 Å². The molecule has 0 fully saturated rings. The van der Waals surface area contributed by atoms with Crippen LogP contribution in [0.3, 0.4) is 0 Å². The van der Waals surface area contributed by atoms with Gasteiger partial charge in [0.05, 0.1) is 17.4 Å². The van der Waals surface area contributed by atoms with Crippen molar-refractivity contribution in [3.63, 3.8) is 0 Å². The van der Waals surface area contributed by atoms with Crippen LogP contribution in [0.25, 0.3) is 11.3 Å². The second-order valence-corrected chi connectivity index (χ2v) is 8.33. The number of carbonyl (C=O) groups is 1. The summed E-state index contributed by atoms with van der Waals surface area (Å²) in [5.74, 6) is -2.80. The Morgan fingerprint density at radius 2 is 1.78 bits per heavy atom. The van der Waals surface area contributed by atoms with E-state index in [1.807, 2.05) is 0 Å². The van der Waals surface area contributed by atoms with Gasteiger partial charge in [0, 0.05) is 30.1 Å². The molecule has 0 spiro atoms. The number of hydrogen-bond donors (Lipinski definition) is 1. The van der Waals surface area contributed by atoms with Gasteiger partial charge in [-0.2, -0.15) is 27.9 Å². The first kappa shape index (κ1) is 24.4. The molecular formula is C23H12BrF5N6O2. The molecule has 0 aliphatic heterocycles. The van der Waals surface area contributed by atoms with Crippen LogP contribution in [0.2, 0.25) is 0 Å². The molecule has 2 aromatic carbocycles. The summed E-state index contributed by atoms with van der Waals surface area (Å²) < 4.78 is 77.3. The number of amides is 1. The van der Waals surface area contributed by atoms with E-state index in [2.05, 4.69) is 36.4 Å². The Hall–Kier alpha value is -4.33. The molecule has 0 aliphatic rings. The number of rotatable bonds is 5. The second-order valence-electron chi connectivity index (χ2n) is 7.51. The summed E-state index contributed by atoms with van der Waals surface area (Å²) in [4.78, 5) is 16.8. The molecule has 0 saturated carbocycles. The largest absolute Gasteiger partial charge is 0.436 e. The van der Waals surface area contributed by atoms with Gasteiger partial charge in [0.1, 0.15) is 10.4 Å². The molecule has 3 aromatic heterocycles. The lowest BCUT2D eigenvalue weighted by Gasteiger charge is -2.13. The zero-order valence-electron chi connectivity index (χ0n) is 18.2. The zero-order valence-corrected chi connectivity index (χ0v) is 19.8. The summed E-state index contributed by atoms with van der Waals surface area (Å²) >= 11 is 3.21. The van der Waals surface area contributed by atoms with Gasteiger partial charge < -0.3 is 10.1 Å². The molecule has 8 nitrogen and oxygen atoms in total. The Labute approximate surface area is 212 Å². The maximum absolute atomic E-state index is 14.8. The van der Waals surface area contributed by atoms with Crippen molar-refractivity contribution in [2.75, 3.05) is 5.32 Å². The van der Waals surface area contributed by atoms with E-state index in [0.717, 1.165) is 36.5 Å². The van der Waals surface area contributed by atoms with Gasteiger partial charge in [0.25, 0.3) is 5.91 Å². The van der Waals surface area contributed by atoms with Crippen LogP contribution in [0, 0.1) is 11.6 Å². The Bertz CT molecular complexity index is 1630. The Morgan fingerprint density at radius 1 is 1.03 bits per heavy atom. The third-order valence-corrected chi connectivity index (χ3v) is 5.44. The maximum Gasteiger partial charge on any atom is 0.434 e. The quantitative estimate of drug-likeness (QED) is 0.258. The minimum Gasteiger partial charge on any atom is -0.436 e. The minimum atomic E-state index is -4.97. The number of ether oxygens (including phenoxy) is 1. The van der Waals surface area contributed by atoms with Gasteiger partial charge in [-0.1, -0.05) is 0 Å². The first-order valence-corrected chi connectivity index (χ1v) is 11.1. The van der Waals surface area contributed by atoms with Gasteiger partial charge in [-0.15, -0.1) is 0 Å². The first-order chi connectivity index (χ1) is 17.6. The summed E-state index contributed by atoms with van der Waals surface area (Å²) in [6.45, 7) is 0. The molecular weight excluding hydrogens is 567 g/mol. The standard InChI is InChI=1S/C23H12BrF5N6O2/c24-18-10-19-30-8-7-20(35(19)33-18)37-17-6-3-13(9-16(17)26)32-22(36)15-11-31-34(21(15)23(27,28)29)14-4-1-12(25)2-5-14/h1-11H,(H,32,36). The highest BCUT2D eigenvalue weighted by molar-refractivity contribution is 9.10. The van der Waals surface area contributed by atoms with Crippen LogP contribution in [0.5, 0.6) is 11.6 Å². The van der Waals surface area contributed by atoms with Crippen molar-refractivity contribution in [1.29, 1.82) is 0 Å². The molecule has 188 valence electrons. The molecule has 0 bridgehead atoms. The molecule has 5 aromatic rings. The zero-order chi connectivity index (χ0) is 26.3. The summed E-state index contributed by atoms with van der Waals surface area (Å²) in [5.41, 5.74) is -1.96. The van der Waals surface area contributed by atoms with Crippen molar-refractivity contribution in [3.05, 3.63) is 94.5 Å². The molecule has 1 amide bonds. The molecule has 1 N–H and O–H groups in total. The van der Waals surface area contributed by atoms with E-state index >= 15 is 0 Å². The van der Waals surface area contributed by atoms with Crippen molar-refractivity contribution in [2.45, 2.75) is 6.18 Å². The fraction of sp³-hybridized carbons (Fsp3) is 0.0435. The number of benzene rings is 2. The molecule has 0 atom stereocenters. The Balaban J connectivity index is 1.40. The van der Waals surface area contributed by atoms with Crippen LogP contribution < -0.4 is 10.1 Å². The molecule has 0 aliphatic carbocycles. The van der Waals surface area contributed by atoms with Gasteiger partial charge in [0.2, 0.25) is 5.88 Å². The molecule has 0 radical (unpaired) electrons. The van der Waals surface area contributed by atoms with Crippen LogP contribution in [-0.4, -0.2) is 30.3 Å². The van der Waals surface area contributed by atoms with Crippen molar-refractivity contribution in [3.8, 4) is 17.3 Å². The fourth-order valence-electron chi connectivity index (χ4n) is 3.46. The summed E-state index contributed by atoms with van der Waals surface area (Å²) in [6, 6.07) is 10.5. The van der Waals surface area contributed by atoms with Crippen LogP contribution >= 0.6 is 15.9 Å². The van der Waals surface area contributed by atoms with Crippen molar-refractivity contribution in [1.82, 2.24) is 24.4 Å². The Morgan fingerprint density at radius 3 is 2.49 bits per heavy atom. The highest BCUT2D eigenvalue weighted by Gasteiger charge is 2.40. The molecule has 3 heterocycles. The number of aromatic nitrogens is 5. The van der Waals surface area contributed by atoms with Gasteiger partial charge in [-0.25, -0.2) is 18.4 Å². The number of nitrogens with zero attached hydrogens (tertiary/aromatic N) is 5. The normalized spacial score (nSPS) is 11.6. The summed E-state index contributed by atoms with van der Waals surface area (Å²) in [7, 11) is 0. The van der Waals surface area contributed by atoms with Crippen LogP contribution in [0.1, 0.15) is 16.1 Å². The highest BCUT2D eigenvalue weighted by atomic mass is 79.9. The van der Waals surface area contributed by atoms with Gasteiger partial charge in [0.15, 0.2) is 22.9 Å². The molecule has 37 heavy (non-hydrogen) atoms. The van der Waals surface area contributed by atoms with Crippen LogP contribution in [0.4, 0.5) is 27.6 Å². The smallest absolute Gasteiger partial charge is 0.434 e. The van der Waals surface area contributed by atoms with E-state index in [1.54, 1.807) is 6.07 Å². The molecule has 0 saturated heterocycles. The topological polar surface area (TPSA) is 86.3 Å². The predicted octanol–water partition coefficient (Wildman–Crippen LogP) is 6.02. The number of anilines is 1. The van der Waals surface area contributed by atoms with E-state index in [0.29, 0.717) is 14.9 Å². The average molecular weight is 579 g/mol. The number of halogens is 6. The second kappa shape index (κ2) is 9.28. The van der Waals surface area contributed by atoms with E-state index in [1.165, 1.54) is 28.9 Å². The lowest BCUT2D eigenvalue weighted by molar-refractivity contribution is -0.143. The lowest BCUT2D eigenvalue weighted by Crippen LogP contribution is -2.20. The van der Waals surface area contributed by atoms with Gasteiger partial charge in [-0.3, -0.25) is 4.79 Å². The third-order valence-electron chi connectivity index (χ3n) is 5.05.